The Balaban J connectivity index is 2.62. The van der Waals surface area contributed by atoms with Gasteiger partial charge in [-0.1, -0.05) is 26.8 Å². The summed E-state index contributed by atoms with van der Waals surface area (Å²) in [5.41, 5.74) is 11.4. The maximum atomic E-state index is 5.67. The molecule has 0 spiro atoms. The summed E-state index contributed by atoms with van der Waals surface area (Å²) in [4.78, 5) is 0. The first-order valence-electron chi connectivity index (χ1n) is 7.14. The van der Waals surface area contributed by atoms with Crippen LogP contribution >= 0.6 is 0 Å². The van der Waals surface area contributed by atoms with Crippen LogP contribution in [0.2, 0.25) is 0 Å². The first-order valence-corrected chi connectivity index (χ1v) is 7.14. The van der Waals surface area contributed by atoms with Crippen LogP contribution in [0.1, 0.15) is 44.0 Å². The zero-order valence-corrected chi connectivity index (χ0v) is 12.9. The van der Waals surface area contributed by atoms with E-state index in [0.717, 1.165) is 19.4 Å². The number of benzene rings is 1. The second-order valence-corrected chi connectivity index (χ2v) is 6.50. The summed E-state index contributed by atoms with van der Waals surface area (Å²) in [6.45, 7) is 9.77. The highest BCUT2D eigenvalue weighted by atomic mass is 14.9. The lowest BCUT2D eigenvalue weighted by atomic mass is 9.86. The lowest BCUT2D eigenvalue weighted by Gasteiger charge is -2.19. The molecule has 2 heteroatoms. The van der Waals surface area contributed by atoms with Gasteiger partial charge in [0.05, 0.1) is 0 Å². The average Bonchev–Trinajstić information content (AvgIpc) is 2.59. The van der Waals surface area contributed by atoms with Crippen molar-refractivity contribution in [2.45, 2.75) is 46.0 Å². The molecule has 0 atom stereocenters. The minimum atomic E-state index is 0.197. The molecule has 0 bridgehead atoms. The summed E-state index contributed by atoms with van der Waals surface area (Å²) in [7, 11) is 2.15. The third kappa shape index (κ3) is 2.55. The van der Waals surface area contributed by atoms with Crippen LogP contribution in [-0.4, -0.2) is 11.1 Å². The van der Waals surface area contributed by atoms with E-state index in [1.54, 1.807) is 0 Å². The molecular formula is C17H26N2. The van der Waals surface area contributed by atoms with Crippen molar-refractivity contribution in [2.75, 3.05) is 6.54 Å². The zero-order valence-electron chi connectivity index (χ0n) is 12.9. The van der Waals surface area contributed by atoms with Crippen LogP contribution in [0.4, 0.5) is 0 Å². The first-order chi connectivity index (χ1) is 8.86. The topological polar surface area (TPSA) is 30.9 Å². The number of hydrogen-bond donors (Lipinski definition) is 1. The van der Waals surface area contributed by atoms with Crippen molar-refractivity contribution in [1.82, 2.24) is 4.57 Å². The quantitative estimate of drug-likeness (QED) is 0.894. The Kier molecular flexibility index (Phi) is 3.73. The van der Waals surface area contributed by atoms with Crippen molar-refractivity contribution in [1.29, 1.82) is 0 Å². The van der Waals surface area contributed by atoms with E-state index in [9.17, 15) is 0 Å². The van der Waals surface area contributed by atoms with Gasteiger partial charge in [0.2, 0.25) is 0 Å². The largest absolute Gasteiger partial charge is 0.348 e. The normalized spacial score (nSPS) is 12.3. The zero-order chi connectivity index (χ0) is 14.2. The van der Waals surface area contributed by atoms with Gasteiger partial charge in [0.25, 0.3) is 0 Å². The second kappa shape index (κ2) is 5.01. The van der Waals surface area contributed by atoms with Gasteiger partial charge >= 0.3 is 0 Å². The van der Waals surface area contributed by atoms with Crippen LogP contribution in [0.15, 0.2) is 18.2 Å². The summed E-state index contributed by atoms with van der Waals surface area (Å²) in [6, 6.07) is 6.89. The third-order valence-electron chi connectivity index (χ3n) is 4.12. The van der Waals surface area contributed by atoms with Crippen LogP contribution in [0.3, 0.4) is 0 Å². The van der Waals surface area contributed by atoms with E-state index < -0.39 is 0 Å². The first kappa shape index (κ1) is 14.1. The number of nitrogens with two attached hydrogens (primary N) is 1. The molecule has 104 valence electrons. The van der Waals surface area contributed by atoms with Crippen molar-refractivity contribution in [2.24, 2.45) is 12.8 Å². The molecule has 1 aromatic carbocycles. The van der Waals surface area contributed by atoms with Gasteiger partial charge in [-0.3, -0.25) is 0 Å². The molecule has 1 heterocycles. The minimum absolute atomic E-state index is 0.197. The van der Waals surface area contributed by atoms with E-state index in [2.05, 4.69) is 57.5 Å². The standard InChI is InChI=1S/C17H26N2/c1-12-14(7-6-10-18)15-11-13(17(2,3)4)8-9-16(15)19(12)5/h8-9,11H,6-7,10,18H2,1-5H3. The van der Waals surface area contributed by atoms with Gasteiger partial charge in [0, 0.05) is 23.6 Å². The molecule has 2 N–H and O–H groups in total. The molecule has 0 amide bonds. The monoisotopic (exact) mass is 258 g/mol. The number of aryl methyl sites for hydroxylation is 2. The summed E-state index contributed by atoms with van der Waals surface area (Å²) in [6.07, 6.45) is 2.13. The molecule has 0 saturated carbocycles. The highest BCUT2D eigenvalue weighted by Gasteiger charge is 2.17. The van der Waals surface area contributed by atoms with Gasteiger partial charge < -0.3 is 10.3 Å². The molecule has 19 heavy (non-hydrogen) atoms. The Bertz CT molecular complexity index is 585. The Morgan fingerprint density at radius 3 is 2.47 bits per heavy atom. The van der Waals surface area contributed by atoms with Crippen molar-refractivity contribution in [3.8, 4) is 0 Å². The SMILES string of the molecule is Cc1c(CCCN)c2cc(C(C)(C)C)ccc2n1C. The fraction of sp³-hybridized carbons (Fsp3) is 0.529. The van der Waals surface area contributed by atoms with Gasteiger partial charge in [-0.25, -0.2) is 0 Å². The molecular weight excluding hydrogens is 232 g/mol. The average molecular weight is 258 g/mol. The Morgan fingerprint density at radius 1 is 1.21 bits per heavy atom. The Morgan fingerprint density at radius 2 is 1.89 bits per heavy atom. The molecule has 0 aliphatic rings. The van der Waals surface area contributed by atoms with Crippen molar-refractivity contribution < 1.29 is 0 Å². The van der Waals surface area contributed by atoms with E-state index >= 15 is 0 Å². The lowest BCUT2D eigenvalue weighted by Crippen LogP contribution is -2.10. The number of hydrogen-bond acceptors (Lipinski definition) is 1. The molecule has 0 aliphatic heterocycles. The molecule has 2 nitrogen and oxygen atoms in total. The summed E-state index contributed by atoms with van der Waals surface area (Å²) in [5, 5.41) is 1.40. The Hall–Kier alpha value is -1.28. The van der Waals surface area contributed by atoms with Gasteiger partial charge in [-0.2, -0.15) is 0 Å². The van der Waals surface area contributed by atoms with E-state index in [1.807, 2.05) is 0 Å². The molecule has 0 radical (unpaired) electrons. The molecule has 2 aromatic rings. The minimum Gasteiger partial charge on any atom is -0.348 e. The van der Waals surface area contributed by atoms with Crippen molar-refractivity contribution >= 4 is 10.9 Å². The van der Waals surface area contributed by atoms with Crippen LogP contribution in [-0.2, 0) is 18.9 Å². The molecule has 2 rings (SSSR count). The van der Waals surface area contributed by atoms with E-state index in [1.165, 1.54) is 27.7 Å². The molecule has 0 aliphatic carbocycles. The molecule has 0 fully saturated rings. The van der Waals surface area contributed by atoms with Crippen LogP contribution in [0, 0.1) is 6.92 Å². The van der Waals surface area contributed by atoms with Crippen LogP contribution < -0.4 is 5.73 Å². The maximum Gasteiger partial charge on any atom is 0.0482 e. The number of nitrogens with zero attached hydrogens (tertiary/aromatic N) is 1. The lowest BCUT2D eigenvalue weighted by molar-refractivity contribution is 0.591. The number of aromatic nitrogens is 1. The Labute approximate surface area is 116 Å². The van der Waals surface area contributed by atoms with Crippen LogP contribution in [0.25, 0.3) is 10.9 Å². The second-order valence-electron chi connectivity index (χ2n) is 6.50. The predicted molar refractivity (Wildman–Crippen MR) is 83.7 cm³/mol. The fourth-order valence-electron chi connectivity index (χ4n) is 2.71. The highest BCUT2D eigenvalue weighted by Crippen LogP contribution is 2.31. The maximum absolute atomic E-state index is 5.67. The van der Waals surface area contributed by atoms with Crippen LogP contribution in [0.5, 0.6) is 0 Å². The van der Waals surface area contributed by atoms with Gasteiger partial charge in [0.15, 0.2) is 0 Å². The predicted octanol–water partition coefficient (Wildman–Crippen LogP) is 3.68. The van der Waals surface area contributed by atoms with E-state index in [0.29, 0.717) is 0 Å². The summed E-state index contributed by atoms with van der Waals surface area (Å²) >= 11 is 0. The summed E-state index contributed by atoms with van der Waals surface area (Å²) in [5.74, 6) is 0. The molecule has 0 unspecified atom stereocenters. The molecule has 0 saturated heterocycles. The smallest absolute Gasteiger partial charge is 0.0482 e. The van der Waals surface area contributed by atoms with Crippen molar-refractivity contribution in [3.63, 3.8) is 0 Å². The number of rotatable bonds is 3. The van der Waals surface area contributed by atoms with E-state index in [4.69, 9.17) is 5.73 Å². The highest BCUT2D eigenvalue weighted by molar-refractivity contribution is 5.86. The summed E-state index contributed by atoms with van der Waals surface area (Å²) < 4.78 is 2.30. The van der Waals surface area contributed by atoms with E-state index in [-0.39, 0.29) is 5.41 Å². The third-order valence-corrected chi connectivity index (χ3v) is 4.12. The fourth-order valence-corrected chi connectivity index (χ4v) is 2.71. The molecule has 1 aromatic heterocycles. The van der Waals surface area contributed by atoms with Gasteiger partial charge in [-0.05, 0) is 55.0 Å². The van der Waals surface area contributed by atoms with Gasteiger partial charge in [-0.15, -0.1) is 0 Å². The number of fused-ring (bicyclic) bond motifs is 1. The van der Waals surface area contributed by atoms with Gasteiger partial charge in [0.1, 0.15) is 0 Å². The van der Waals surface area contributed by atoms with Crippen molar-refractivity contribution in [3.05, 3.63) is 35.0 Å².